The largest absolute Gasteiger partial charge is 0.355 e. The average molecular weight is 312 g/mol. The van der Waals surface area contributed by atoms with Crippen molar-refractivity contribution < 1.29 is 9.32 Å². The van der Waals surface area contributed by atoms with Crippen LogP contribution >= 0.6 is 0 Å². The van der Waals surface area contributed by atoms with E-state index < -0.39 is 0 Å². The molecule has 2 unspecified atom stereocenters. The molecular weight excluding hydrogens is 288 g/mol. The second-order valence-electron chi connectivity index (χ2n) is 6.93. The lowest BCUT2D eigenvalue weighted by Gasteiger charge is -2.41. The van der Waals surface area contributed by atoms with Gasteiger partial charge in [-0.1, -0.05) is 41.9 Å². The van der Waals surface area contributed by atoms with Crippen molar-refractivity contribution in [2.45, 2.75) is 52.6 Å². The summed E-state index contributed by atoms with van der Waals surface area (Å²) in [7, 11) is 0. The Labute approximate surface area is 137 Å². The number of rotatable bonds is 2. The zero-order chi connectivity index (χ0) is 16.6. The van der Waals surface area contributed by atoms with Crippen molar-refractivity contribution >= 4 is 5.91 Å². The van der Waals surface area contributed by atoms with Gasteiger partial charge in [0, 0.05) is 23.7 Å². The first-order chi connectivity index (χ1) is 11.0. The van der Waals surface area contributed by atoms with Crippen molar-refractivity contribution in [1.29, 1.82) is 0 Å². The highest BCUT2D eigenvalue weighted by molar-refractivity contribution is 5.93. The van der Waals surface area contributed by atoms with Gasteiger partial charge in [-0.3, -0.25) is 4.79 Å². The van der Waals surface area contributed by atoms with Crippen LogP contribution in [0.25, 0.3) is 11.3 Å². The maximum atomic E-state index is 12.8. The molecule has 0 aliphatic carbocycles. The quantitative estimate of drug-likeness (QED) is 0.830. The molecule has 23 heavy (non-hydrogen) atoms. The molecule has 0 N–H and O–H groups in total. The minimum absolute atomic E-state index is 0.0287. The number of nitrogens with zero attached hydrogens (tertiary/aromatic N) is 2. The first-order valence-electron chi connectivity index (χ1n) is 8.32. The number of hydrogen-bond donors (Lipinski definition) is 0. The van der Waals surface area contributed by atoms with E-state index in [0.717, 1.165) is 18.4 Å². The Kier molecular flexibility index (Phi) is 4.24. The third-order valence-corrected chi connectivity index (χ3v) is 4.74. The van der Waals surface area contributed by atoms with E-state index in [-0.39, 0.29) is 18.0 Å². The number of benzene rings is 1. The summed E-state index contributed by atoms with van der Waals surface area (Å²) >= 11 is 0. The minimum atomic E-state index is -0.0287. The number of hydrogen-bond acceptors (Lipinski definition) is 3. The van der Waals surface area contributed by atoms with E-state index in [2.05, 4.69) is 25.9 Å². The predicted molar refractivity (Wildman–Crippen MR) is 90.2 cm³/mol. The number of aryl methyl sites for hydroxylation is 1. The molecule has 4 nitrogen and oxygen atoms in total. The van der Waals surface area contributed by atoms with Gasteiger partial charge in [0.25, 0.3) is 5.91 Å². The highest BCUT2D eigenvalue weighted by Gasteiger charge is 2.34. The third kappa shape index (κ3) is 3.16. The summed E-state index contributed by atoms with van der Waals surface area (Å²) < 4.78 is 5.40. The number of carbonyl (C=O) groups is 1. The van der Waals surface area contributed by atoms with Crippen LogP contribution in [-0.2, 0) is 0 Å². The monoisotopic (exact) mass is 312 g/mol. The predicted octanol–water partition coefficient (Wildman–Crippen LogP) is 4.30. The zero-order valence-corrected chi connectivity index (χ0v) is 14.2. The minimum Gasteiger partial charge on any atom is -0.355 e. The standard InChI is InChI=1S/C19H24N2O2/c1-12-5-7-16(8-6-12)18-11-17(20-23-18)19(22)21-14(3)9-13(2)10-15(21)4/h5-8,11,13-15H,9-10H2,1-4H3. The fourth-order valence-electron chi connectivity index (χ4n) is 3.68. The van der Waals surface area contributed by atoms with Crippen molar-refractivity contribution in [1.82, 2.24) is 10.1 Å². The zero-order valence-electron chi connectivity index (χ0n) is 14.2. The van der Waals surface area contributed by atoms with Gasteiger partial charge in [0.1, 0.15) is 0 Å². The summed E-state index contributed by atoms with van der Waals surface area (Å²) in [5, 5.41) is 4.01. The topological polar surface area (TPSA) is 46.3 Å². The van der Waals surface area contributed by atoms with E-state index in [1.807, 2.05) is 36.1 Å². The first kappa shape index (κ1) is 15.8. The molecule has 0 spiro atoms. The van der Waals surface area contributed by atoms with Crippen LogP contribution in [0.5, 0.6) is 0 Å². The van der Waals surface area contributed by atoms with Crippen LogP contribution in [0.1, 0.15) is 49.7 Å². The van der Waals surface area contributed by atoms with Crippen molar-refractivity contribution in [3.05, 3.63) is 41.6 Å². The Bertz CT molecular complexity index is 678. The molecule has 4 heteroatoms. The molecule has 1 amide bonds. The lowest BCUT2D eigenvalue weighted by atomic mass is 9.88. The Hall–Kier alpha value is -2.10. The maximum Gasteiger partial charge on any atom is 0.276 e. The summed E-state index contributed by atoms with van der Waals surface area (Å²) in [5.41, 5.74) is 2.53. The summed E-state index contributed by atoms with van der Waals surface area (Å²) in [4.78, 5) is 14.8. The highest BCUT2D eigenvalue weighted by Crippen LogP contribution is 2.29. The Morgan fingerprint density at radius 3 is 2.35 bits per heavy atom. The SMILES string of the molecule is Cc1ccc(-c2cc(C(=O)N3C(C)CC(C)CC3C)no2)cc1. The molecule has 1 saturated heterocycles. The molecule has 0 radical (unpaired) electrons. The van der Waals surface area contributed by atoms with Crippen molar-refractivity contribution in [2.24, 2.45) is 5.92 Å². The van der Waals surface area contributed by atoms with Crippen LogP contribution in [0.2, 0.25) is 0 Å². The van der Waals surface area contributed by atoms with Crippen molar-refractivity contribution in [3.63, 3.8) is 0 Å². The van der Waals surface area contributed by atoms with E-state index in [9.17, 15) is 4.79 Å². The number of amides is 1. The van der Waals surface area contributed by atoms with Gasteiger partial charge < -0.3 is 9.42 Å². The molecule has 2 aromatic rings. The summed E-state index contributed by atoms with van der Waals surface area (Å²) in [6.07, 6.45) is 2.08. The van der Waals surface area contributed by atoms with E-state index in [4.69, 9.17) is 4.52 Å². The van der Waals surface area contributed by atoms with Crippen LogP contribution in [0, 0.1) is 12.8 Å². The van der Waals surface area contributed by atoms with E-state index in [1.165, 1.54) is 5.56 Å². The first-order valence-corrected chi connectivity index (χ1v) is 8.32. The smallest absolute Gasteiger partial charge is 0.276 e. The molecule has 1 aliphatic rings. The molecule has 1 aromatic carbocycles. The van der Waals surface area contributed by atoms with Gasteiger partial charge in [0.05, 0.1) is 0 Å². The number of aromatic nitrogens is 1. The van der Waals surface area contributed by atoms with Gasteiger partial charge in [-0.2, -0.15) is 0 Å². The molecule has 0 saturated carbocycles. The second kappa shape index (κ2) is 6.19. The summed E-state index contributed by atoms with van der Waals surface area (Å²) in [6.45, 7) is 8.52. The molecule has 0 bridgehead atoms. The molecule has 1 aromatic heterocycles. The summed E-state index contributed by atoms with van der Waals surface area (Å²) in [6, 6.07) is 10.2. The normalized spacial score (nSPS) is 24.7. The van der Waals surface area contributed by atoms with Gasteiger partial charge >= 0.3 is 0 Å². The van der Waals surface area contributed by atoms with Crippen LogP contribution in [0.15, 0.2) is 34.9 Å². The fourth-order valence-corrected chi connectivity index (χ4v) is 3.68. The fraction of sp³-hybridized carbons (Fsp3) is 0.474. The Balaban J connectivity index is 1.82. The molecule has 3 rings (SSSR count). The molecule has 2 atom stereocenters. The van der Waals surface area contributed by atoms with Gasteiger partial charge in [-0.25, -0.2) is 0 Å². The van der Waals surface area contributed by atoms with Crippen LogP contribution < -0.4 is 0 Å². The molecule has 1 fully saturated rings. The van der Waals surface area contributed by atoms with Gasteiger partial charge in [-0.05, 0) is 39.5 Å². The number of carbonyl (C=O) groups excluding carboxylic acids is 1. The maximum absolute atomic E-state index is 12.8. The van der Waals surface area contributed by atoms with E-state index >= 15 is 0 Å². The lowest BCUT2D eigenvalue weighted by molar-refractivity contribution is 0.0424. The molecule has 122 valence electrons. The van der Waals surface area contributed by atoms with Gasteiger partial charge in [0.15, 0.2) is 11.5 Å². The van der Waals surface area contributed by atoms with Crippen LogP contribution in [0.4, 0.5) is 0 Å². The lowest BCUT2D eigenvalue weighted by Crippen LogP contribution is -2.49. The molecule has 2 heterocycles. The number of piperidine rings is 1. The Morgan fingerprint density at radius 1 is 1.13 bits per heavy atom. The average Bonchev–Trinajstić information content (AvgIpc) is 2.96. The van der Waals surface area contributed by atoms with Gasteiger partial charge in [0.2, 0.25) is 0 Å². The second-order valence-corrected chi connectivity index (χ2v) is 6.93. The molecule has 1 aliphatic heterocycles. The Morgan fingerprint density at radius 2 is 1.74 bits per heavy atom. The third-order valence-electron chi connectivity index (χ3n) is 4.74. The van der Waals surface area contributed by atoms with E-state index in [1.54, 1.807) is 6.07 Å². The number of likely N-dealkylation sites (tertiary alicyclic amines) is 1. The highest BCUT2D eigenvalue weighted by atomic mass is 16.5. The van der Waals surface area contributed by atoms with Crippen molar-refractivity contribution in [2.75, 3.05) is 0 Å². The molecular formula is C19H24N2O2. The summed E-state index contributed by atoms with van der Waals surface area (Å²) in [5.74, 6) is 1.27. The van der Waals surface area contributed by atoms with Gasteiger partial charge in [-0.15, -0.1) is 0 Å². The van der Waals surface area contributed by atoms with Crippen LogP contribution in [0.3, 0.4) is 0 Å². The van der Waals surface area contributed by atoms with Crippen LogP contribution in [-0.4, -0.2) is 28.0 Å². The van der Waals surface area contributed by atoms with E-state index in [0.29, 0.717) is 17.4 Å². The van der Waals surface area contributed by atoms with Crippen molar-refractivity contribution in [3.8, 4) is 11.3 Å².